The normalized spacial score (nSPS) is 21.5. The van der Waals surface area contributed by atoms with Gasteiger partial charge in [0, 0.05) is 28.2 Å². The number of para-hydroxylation sites is 1. The number of fused-ring (bicyclic) bond motifs is 1. The molecule has 13 heavy (non-hydrogen) atoms. The fourth-order valence-corrected chi connectivity index (χ4v) is 3.48. The molecule has 0 spiro atoms. The lowest BCUT2D eigenvalue weighted by Gasteiger charge is -2.34. The summed E-state index contributed by atoms with van der Waals surface area (Å²) in [5.41, 5.74) is 1.34. The van der Waals surface area contributed by atoms with Gasteiger partial charge in [0.15, 0.2) is 0 Å². The minimum Gasteiger partial charge on any atom is -0.369 e. The van der Waals surface area contributed by atoms with Gasteiger partial charge in [0.05, 0.1) is 5.69 Å². The number of rotatable bonds is 0. The van der Waals surface area contributed by atoms with E-state index in [9.17, 15) is 0 Å². The van der Waals surface area contributed by atoms with Crippen molar-refractivity contribution in [1.29, 1.82) is 0 Å². The Balaban J connectivity index is 2.51. The number of nitrogens with zero attached hydrogens (tertiary/aromatic N) is 1. The molecule has 1 aromatic rings. The van der Waals surface area contributed by atoms with Crippen molar-refractivity contribution in [3.63, 3.8) is 0 Å². The summed E-state index contributed by atoms with van der Waals surface area (Å²) in [7, 11) is 2.16. The first-order valence-corrected chi connectivity index (χ1v) is 6.12. The van der Waals surface area contributed by atoms with Crippen molar-refractivity contribution >= 4 is 33.4 Å². The van der Waals surface area contributed by atoms with Gasteiger partial charge in [-0.25, -0.2) is 0 Å². The monoisotopic (exact) mass is 257 g/mol. The van der Waals surface area contributed by atoms with Crippen LogP contribution in [0.1, 0.15) is 6.92 Å². The van der Waals surface area contributed by atoms with E-state index in [1.807, 2.05) is 11.8 Å². The molecule has 1 heterocycles. The smallest absolute Gasteiger partial charge is 0.0648 e. The topological polar surface area (TPSA) is 3.24 Å². The predicted octanol–water partition coefficient (Wildman–Crippen LogP) is 3.38. The average Bonchev–Trinajstić information content (AvgIpc) is 2.12. The van der Waals surface area contributed by atoms with E-state index in [0.717, 1.165) is 0 Å². The number of hydrogen-bond acceptors (Lipinski definition) is 2. The molecule has 0 radical (unpaired) electrons. The van der Waals surface area contributed by atoms with Crippen LogP contribution in [0.4, 0.5) is 5.69 Å². The molecule has 1 atom stereocenters. The maximum atomic E-state index is 3.59. The second-order valence-electron chi connectivity index (χ2n) is 3.36. The third kappa shape index (κ3) is 1.59. The van der Waals surface area contributed by atoms with E-state index < -0.39 is 0 Å². The molecule has 1 aliphatic heterocycles. The largest absolute Gasteiger partial charge is 0.369 e. The van der Waals surface area contributed by atoms with Crippen LogP contribution in [0, 0.1) is 0 Å². The number of benzene rings is 1. The minimum atomic E-state index is 0.621. The third-order valence-corrected chi connectivity index (χ3v) is 4.37. The molecular formula is C10H12BrNS. The molecule has 0 N–H and O–H groups in total. The van der Waals surface area contributed by atoms with Crippen LogP contribution < -0.4 is 4.90 Å². The minimum absolute atomic E-state index is 0.621. The Morgan fingerprint density at radius 3 is 3.08 bits per heavy atom. The summed E-state index contributed by atoms with van der Waals surface area (Å²) in [5.74, 6) is 1.18. The number of anilines is 1. The van der Waals surface area contributed by atoms with Gasteiger partial charge in [-0.15, -0.1) is 11.8 Å². The van der Waals surface area contributed by atoms with E-state index in [-0.39, 0.29) is 0 Å². The molecule has 0 amide bonds. The third-order valence-electron chi connectivity index (χ3n) is 2.44. The standard InChI is InChI=1S/C10H12BrNS/c1-7-6-13-9-5-3-4-8(11)10(9)12(7)2/h3-5,7H,6H2,1-2H3. The molecule has 0 saturated carbocycles. The van der Waals surface area contributed by atoms with Crippen LogP contribution >= 0.6 is 27.7 Å². The summed E-state index contributed by atoms with van der Waals surface area (Å²) >= 11 is 5.54. The Morgan fingerprint density at radius 1 is 1.54 bits per heavy atom. The fourth-order valence-electron chi connectivity index (χ4n) is 1.50. The Morgan fingerprint density at radius 2 is 2.31 bits per heavy atom. The molecular weight excluding hydrogens is 246 g/mol. The van der Waals surface area contributed by atoms with E-state index >= 15 is 0 Å². The maximum Gasteiger partial charge on any atom is 0.0648 e. The summed E-state index contributed by atoms with van der Waals surface area (Å²) in [6, 6.07) is 7.01. The SMILES string of the molecule is CC1CSc2cccc(Br)c2N1C. The molecule has 0 bridgehead atoms. The summed E-state index contributed by atoms with van der Waals surface area (Å²) in [6.45, 7) is 2.26. The summed E-state index contributed by atoms with van der Waals surface area (Å²) in [4.78, 5) is 3.73. The second kappa shape index (κ2) is 3.54. The molecule has 1 nitrogen and oxygen atoms in total. The lowest BCUT2D eigenvalue weighted by atomic mass is 10.2. The average molecular weight is 258 g/mol. The van der Waals surface area contributed by atoms with Crippen molar-refractivity contribution in [3.05, 3.63) is 22.7 Å². The van der Waals surface area contributed by atoms with Gasteiger partial charge in [0.2, 0.25) is 0 Å². The van der Waals surface area contributed by atoms with Crippen LogP contribution in [0.2, 0.25) is 0 Å². The van der Waals surface area contributed by atoms with Crippen molar-refractivity contribution in [2.75, 3.05) is 17.7 Å². The van der Waals surface area contributed by atoms with E-state index in [2.05, 4.69) is 53.0 Å². The molecule has 1 aliphatic rings. The highest BCUT2D eigenvalue weighted by molar-refractivity contribution is 9.10. The second-order valence-corrected chi connectivity index (χ2v) is 5.27. The van der Waals surface area contributed by atoms with Gasteiger partial charge in [-0.1, -0.05) is 6.07 Å². The fraction of sp³-hybridized carbons (Fsp3) is 0.400. The van der Waals surface area contributed by atoms with Crippen LogP contribution in [0.5, 0.6) is 0 Å². The summed E-state index contributed by atoms with van der Waals surface area (Å²) in [5, 5.41) is 0. The maximum absolute atomic E-state index is 3.59. The van der Waals surface area contributed by atoms with E-state index in [4.69, 9.17) is 0 Å². The van der Waals surface area contributed by atoms with Crippen LogP contribution in [0.15, 0.2) is 27.6 Å². The number of halogens is 1. The summed E-state index contributed by atoms with van der Waals surface area (Å²) < 4.78 is 1.20. The Bertz CT molecular complexity index is 327. The van der Waals surface area contributed by atoms with Crippen molar-refractivity contribution in [1.82, 2.24) is 0 Å². The zero-order chi connectivity index (χ0) is 9.42. The van der Waals surface area contributed by atoms with Crippen LogP contribution in [-0.2, 0) is 0 Å². The van der Waals surface area contributed by atoms with E-state index in [0.29, 0.717) is 6.04 Å². The van der Waals surface area contributed by atoms with Gasteiger partial charge in [0.25, 0.3) is 0 Å². The first-order valence-electron chi connectivity index (χ1n) is 4.34. The molecule has 70 valence electrons. The van der Waals surface area contributed by atoms with Gasteiger partial charge in [-0.3, -0.25) is 0 Å². The Kier molecular flexibility index (Phi) is 2.56. The molecule has 0 aromatic heterocycles. The van der Waals surface area contributed by atoms with E-state index in [1.54, 1.807) is 0 Å². The van der Waals surface area contributed by atoms with E-state index in [1.165, 1.54) is 20.8 Å². The highest BCUT2D eigenvalue weighted by Gasteiger charge is 2.21. The molecule has 0 aliphatic carbocycles. The summed E-state index contributed by atoms with van der Waals surface area (Å²) in [6.07, 6.45) is 0. The quantitative estimate of drug-likeness (QED) is 0.701. The zero-order valence-corrected chi connectivity index (χ0v) is 10.2. The van der Waals surface area contributed by atoms with Crippen LogP contribution in [-0.4, -0.2) is 18.8 Å². The molecule has 2 rings (SSSR count). The molecule has 1 unspecified atom stereocenters. The van der Waals surface area contributed by atoms with Crippen LogP contribution in [0.25, 0.3) is 0 Å². The lowest BCUT2D eigenvalue weighted by Crippen LogP contribution is -2.34. The number of hydrogen-bond donors (Lipinski definition) is 0. The molecule has 3 heteroatoms. The van der Waals surface area contributed by atoms with Crippen molar-refractivity contribution in [3.8, 4) is 0 Å². The van der Waals surface area contributed by atoms with Gasteiger partial charge in [0.1, 0.15) is 0 Å². The van der Waals surface area contributed by atoms with Gasteiger partial charge in [-0.05, 0) is 35.0 Å². The molecule has 0 fully saturated rings. The first kappa shape index (κ1) is 9.41. The molecule has 1 aromatic carbocycles. The highest BCUT2D eigenvalue weighted by atomic mass is 79.9. The highest BCUT2D eigenvalue weighted by Crippen LogP contribution is 2.40. The van der Waals surface area contributed by atoms with Crippen molar-refractivity contribution in [2.45, 2.75) is 17.9 Å². The first-order chi connectivity index (χ1) is 6.20. The predicted molar refractivity (Wildman–Crippen MR) is 62.7 cm³/mol. The van der Waals surface area contributed by atoms with Crippen molar-refractivity contribution in [2.24, 2.45) is 0 Å². The molecule has 0 saturated heterocycles. The number of thioether (sulfide) groups is 1. The lowest BCUT2D eigenvalue weighted by molar-refractivity contribution is 0.746. The zero-order valence-electron chi connectivity index (χ0n) is 7.75. The van der Waals surface area contributed by atoms with Crippen molar-refractivity contribution < 1.29 is 0 Å². The van der Waals surface area contributed by atoms with Gasteiger partial charge in [-0.2, -0.15) is 0 Å². The Labute approximate surface area is 91.6 Å². The van der Waals surface area contributed by atoms with Crippen LogP contribution in [0.3, 0.4) is 0 Å². The van der Waals surface area contributed by atoms with Gasteiger partial charge < -0.3 is 4.90 Å². The Hall–Kier alpha value is -0.150. The van der Waals surface area contributed by atoms with Gasteiger partial charge >= 0.3 is 0 Å².